The normalized spacial score (nSPS) is 32.7. The largest absolute Gasteiger partial charge is 0.422 e. The first kappa shape index (κ1) is 12.1. The predicted molar refractivity (Wildman–Crippen MR) is 66.2 cm³/mol. The van der Waals surface area contributed by atoms with Crippen LogP contribution in [0.1, 0.15) is 49.8 Å². The fourth-order valence-corrected chi connectivity index (χ4v) is 3.43. The smallest absolute Gasteiger partial charge is 0.242 e. The van der Waals surface area contributed by atoms with Crippen LogP contribution in [0.25, 0.3) is 0 Å². The van der Waals surface area contributed by atoms with Crippen molar-refractivity contribution >= 4 is 0 Å². The average molecular weight is 251 g/mol. The monoisotopic (exact) mass is 251 g/mol. The van der Waals surface area contributed by atoms with Crippen LogP contribution < -0.4 is 0 Å². The molecule has 5 nitrogen and oxygen atoms in total. The molecule has 0 N–H and O–H groups in total. The quantitative estimate of drug-likeness (QED) is 0.821. The molecule has 100 valence electrons. The molecule has 1 aromatic heterocycles. The van der Waals surface area contributed by atoms with Crippen LogP contribution in [0, 0.1) is 0 Å². The molecule has 2 aliphatic rings. The minimum atomic E-state index is 0.409. The maximum atomic E-state index is 5.70. The molecule has 2 aliphatic heterocycles. The highest BCUT2D eigenvalue weighted by molar-refractivity contribution is 5.01. The van der Waals surface area contributed by atoms with E-state index in [1.54, 1.807) is 7.11 Å². The van der Waals surface area contributed by atoms with Crippen molar-refractivity contribution in [2.24, 2.45) is 0 Å². The van der Waals surface area contributed by atoms with Gasteiger partial charge in [0.15, 0.2) is 0 Å². The van der Waals surface area contributed by atoms with Gasteiger partial charge in [0.1, 0.15) is 6.61 Å². The summed E-state index contributed by atoms with van der Waals surface area (Å²) in [6.45, 7) is 0.409. The second kappa shape index (κ2) is 4.97. The van der Waals surface area contributed by atoms with E-state index in [4.69, 9.17) is 9.15 Å². The minimum Gasteiger partial charge on any atom is -0.422 e. The number of nitrogens with zero attached hydrogens (tertiary/aromatic N) is 3. The molecular weight excluding hydrogens is 230 g/mol. The summed E-state index contributed by atoms with van der Waals surface area (Å²) >= 11 is 0. The highest BCUT2D eigenvalue weighted by Gasteiger charge is 2.38. The SMILES string of the molecule is COCc1nnc(C2CC3CCCC(C2)N3C)o1. The van der Waals surface area contributed by atoms with Gasteiger partial charge in [0, 0.05) is 25.1 Å². The summed E-state index contributed by atoms with van der Waals surface area (Å²) in [5.41, 5.74) is 0. The Morgan fingerprint density at radius 3 is 2.67 bits per heavy atom. The average Bonchev–Trinajstić information content (AvgIpc) is 2.78. The lowest BCUT2D eigenvalue weighted by atomic mass is 9.79. The molecule has 0 saturated carbocycles. The maximum absolute atomic E-state index is 5.70. The fourth-order valence-electron chi connectivity index (χ4n) is 3.43. The number of rotatable bonds is 3. The Morgan fingerprint density at radius 2 is 2.00 bits per heavy atom. The topological polar surface area (TPSA) is 51.4 Å². The summed E-state index contributed by atoms with van der Waals surface area (Å²) in [6, 6.07) is 1.39. The second-order valence-electron chi connectivity index (χ2n) is 5.54. The molecule has 1 aromatic rings. The van der Waals surface area contributed by atoms with Gasteiger partial charge in [0.2, 0.25) is 11.8 Å². The van der Waals surface area contributed by atoms with Crippen molar-refractivity contribution in [3.8, 4) is 0 Å². The van der Waals surface area contributed by atoms with Gasteiger partial charge in [-0.05, 0) is 32.7 Å². The van der Waals surface area contributed by atoms with Gasteiger partial charge in [0.05, 0.1) is 0 Å². The summed E-state index contributed by atoms with van der Waals surface area (Å²) in [6.07, 6.45) is 6.29. The van der Waals surface area contributed by atoms with E-state index in [0.717, 1.165) is 18.7 Å². The van der Waals surface area contributed by atoms with Gasteiger partial charge in [-0.3, -0.25) is 0 Å². The van der Waals surface area contributed by atoms with Crippen molar-refractivity contribution in [1.29, 1.82) is 0 Å². The van der Waals surface area contributed by atoms with Gasteiger partial charge in [0.25, 0.3) is 0 Å². The molecule has 2 unspecified atom stereocenters. The molecule has 18 heavy (non-hydrogen) atoms. The number of ether oxygens (including phenoxy) is 1. The zero-order chi connectivity index (χ0) is 12.5. The van der Waals surface area contributed by atoms with Gasteiger partial charge in [-0.15, -0.1) is 10.2 Å². The highest BCUT2D eigenvalue weighted by Crippen LogP contribution is 2.40. The number of fused-ring (bicyclic) bond motifs is 2. The summed E-state index contributed by atoms with van der Waals surface area (Å²) < 4.78 is 10.7. The van der Waals surface area contributed by atoms with Gasteiger partial charge < -0.3 is 14.1 Å². The van der Waals surface area contributed by atoms with Crippen LogP contribution in [0.15, 0.2) is 4.42 Å². The van der Waals surface area contributed by atoms with E-state index >= 15 is 0 Å². The van der Waals surface area contributed by atoms with Crippen LogP contribution in [0.3, 0.4) is 0 Å². The molecule has 0 amide bonds. The van der Waals surface area contributed by atoms with Gasteiger partial charge >= 0.3 is 0 Å². The standard InChI is InChI=1S/C13H21N3O2/c1-16-10-4-3-5-11(16)7-9(6-10)13-15-14-12(18-13)8-17-2/h9-11H,3-8H2,1-2H3. The summed E-state index contributed by atoms with van der Waals surface area (Å²) in [7, 11) is 3.90. The van der Waals surface area contributed by atoms with Crippen molar-refractivity contribution in [2.45, 2.75) is 56.7 Å². The van der Waals surface area contributed by atoms with Crippen molar-refractivity contribution in [3.05, 3.63) is 11.8 Å². The molecule has 2 atom stereocenters. The molecule has 3 heterocycles. The van der Waals surface area contributed by atoms with E-state index in [1.807, 2.05) is 0 Å². The van der Waals surface area contributed by atoms with Crippen LogP contribution in [0.2, 0.25) is 0 Å². The van der Waals surface area contributed by atoms with E-state index in [0.29, 0.717) is 30.5 Å². The molecule has 3 rings (SSSR count). The Labute approximate surface area is 108 Å². The van der Waals surface area contributed by atoms with Gasteiger partial charge in [-0.25, -0.2) is 0 Å². The molecule has 5 heteroatoms. The number of hydrogen-bond acceptors (Lipinski definition) is 5. The number of piperidine rings is 2. The first-order valence-corrected chi connectivity index (χ1v) is 6.81. The molecule has 2 bridgehead atoms. The van der Waals surface area contributed by atoms with Crippen molar-refractivity contribution in [2.75, 3.05) is 14.2 Å². The summed E-state index contributed by atoms with van der Waals surface area (Å²) in [5, 5.41) is 8.23. The van der Waals surface area contributed by atoms with Crippen molar-refractivity contribution in [3.63, 3.8) is 0 Å². The van der Waals surface area contributed by atoms with Crippen molar-refractivity contribution < 1.29 is 9.15 Å². The van der Waals surface area contributed by atoms with Gasteiger partial charge in [-0.2, -0.15) is 0 Å². The Morgan fingerprint density at radius 1 is 1.28 bits per heavy atom. The van der Waals surface area contributed by atoms with E-state index < -0.39 is 0 Å². The molecule has 0 aliphatic carbocycles. The number of hydrogen-bond donors (Lipinski definition) is 0. The first-order chi connectivity index (χ1) is 8.78. The van der Waals surface area contributed by atoms with Crippen LogP contribution in [-0.2, 0) is 11.3 Å². The Balaban J connectivity index is 1.72. The highest BCUT2D eigenvalue weighted by atomic mass is 16.5. The van der Waals surface area contributed by atoms with Crippen LogP contribution in [-0.4, -0.2) is 41.3 Å². The molecule has 0 spiro atoms. The predicted octanol–water partition coefficient (Wildman–Crippen LogP) is 1.95. The number of methoxy groups -OCH3 is 1. The summed E-state index contributed by atoms with van der Waals surface area (Å²) in [4.78, 5) is 2.55. The third kappa shape index (κ3) is 2.17. The zero-order valence-electron chi connectivity index (χ0n) is 11.1. The first-order valence-electron chi connectivity index (χ1n) is 6.81. The van der Waals surface area contributed by atoms with Gasteiger partial charge in [-0.1, -0.05) is 6.42 Å². The molecule has 2 saturated heterocycles. The van der Waals surface area contributed by atoms with E-state index in [9.17, 15) is 0 Å². The van der Waals surface area contributed by atoms with E-state index in [1.165, 1.54) is 19.3 Å². The fraction of sp³-hybridized carbons (Fsp3) is 0.846. The van der Waals surface area contributed by atoms with Crippen molar-refractivity contribution in [1.82, 2.24) is 15.1 Å². The molecule has 0 radical (unpaired) electrons. The lowest BCUT2D eigenvalue weighted by Crippen LogP contribution is -2.49. The minimum absolute atomic E-state index is 0.409. The van der Waals surface area contributed by atoms with Crippen LogP contribution in [0.5, 0.6) is 0 Å². The molecule has 2 fully saturated rings. The maximum Gasteiger partial charge on any atom is 0.242 e. The lowest BCUT2D eigenvalue weighted by molar-refractivity contribution is 0.0491. The number of aromatic nitrogens is 2. The Kier molecular flexibility index (Phi) is 3.35. The second-order valence-corrected chi connectivity index (χ2v) is 5.54. The lowest BCUT2D eigenvalue weighted by Gasteiger charge is -2.46. The molecular formula is C13H21N3O2. The van der Waals surface area contributed by atoms with Crippen LogP contribution in [0.4, 0.5) is 0 Å². The van der Waals surface area contributed by atoms with E-state index in [2.05, 4.69) is 22.1 Å². The third-order valence-corrected chi connectivity index (χ3v) is 4.44. The third-order valence-electron chi connectivity index (χ3n) is 4.44. The summed E-state index contributed by atoms with van der Waals surface area (Å²) in [5.74, 6) is 1.85. The Hall–Kier alpha value is -0.940. The van der Waals surface area contributed by atoms with E-state index in [-0.39, 0.29) is 0 Å². The van der Waals surface area contributed by atoms with Crippen LogP contribution >= 0.6 is 0 Å². The zero-order valence-corrected chi connectivity index (χ0v) is 11.1. The Bertz CT molecular complexity index is 393. The molecule has 0 aromatic carbocycles.